The van der Waals surface area contributed by atoms with Gasteiger partial charge >= 0.3 is 5.97 Å². The summed E-state index contributed by atoms with van der Waals surface area (Å²) in [5.74, 6) is -1.05. The lowest BCUT2D eigenvalue weighted by Gasteiger charge is -2.29. The second-order valence-electron chi connectivity index (χ2n) is 4.13. The maximum Gasteiger partial charge on any atom is 0.311 e. The van der Waals surface area contributed by atoms with Gasteiger partial charge in [0.15, 0.2) is 0 Å². The molecule has 0 bridgehead atoms. The predicted molar refractivity (Wildman–Crippen MR) is 66.8 cm³/mol. The number of benzene rings is 1. The van der Waals surface area contributed by atoms with Gasteiger partial charge in [0.2, 0.25) is 0 Å². The number of carbonyl (C=O) groups is 1. The first-order valence-corrected chi connectivity index (χ1v) is 5.92. The van der Waals surface area contributed by atoms with Crippen molar-refractivity contribution in [2.75, 3.05) is 6.61 Å². The van der Waals surface area contributed by atoms with Gasteiger partial charge in [-0.25, -0.2) is 0 Å². The highest BCUT2D eigenvalue weighted by Gasteiger charge is 2.36. The topological polar surface area (TPSA) is 46.5 Å². The summed E-state index contributed by atoms with van der Waals surface area (Å²) in [5, 5.41) is 11.0. The van der Waals surface area contributed by atoms with E-state index in [9.17, 15) is 9.90 Å². The van der Waals surface area contributed by atoms with E-state index >= 15 is 0 Å². The molecule has 0 amide bonds. The molecule has 0 fully saturated rings. The molecule has 0 saturated carbocycles. The number of hydrogen-bond donors (Lipinski definition) is 1. The average molecular weight is 257 g/mol. The molecule has 0 aliphatic rings. The summed E-state index contributed by atoms with van der Waals surface area (Å²) in [4.78, 5) is 11.6. The Balaban J connectivity index is 2.93. The first kappa shape index (κ1) is 14.0. The number of carbonyl (C=O) groups excluding carboxylic acids is 1. The number of hydrogen-bond acceptors (Lipinski definition) is 3. The quantitative estimate of drug-likeness (QED) is 0.843. The van der Waals surface area contributed by atoms with Gasteiger partial charge in [-0.15, -0.1) is 0 Å². The molecule has 0 aliphatic heterocycles. The number of ether oxygens (including phenoxy) is 1. The Morgan fingerprint density at radius 2 is 2.00 bits per heavy atom. The van der Waals surface area contributed by atoms with Crippen molar-refractivity contribution in [3.8, 4) is 0 Å². The average Bonchev–Trinajstić information content (AvgIpc) is 2.29. The Kier molecular flexibility index (Phi) is 4.54. The summed E-state index contributed by atoms with van der Waals surface area (Å²) in [6, 6.07) is 6.78. The van der Waals surface area contributed by atoms with Crippen LogP contribution in [0, 0.1) is 5.92 Å². The summed E-state index contributed by atoms with van der Waals surface area (Å²) < 4.78 is 4.91. The molecular weight excluding hydrogens is 240 g/mol. The van der Waals surface area contributed by atoms with Crippen LogP contribution in [0.3, 0.4) is 0 Å². The van der Waals surface area contributed by atoms with Crippen molar-refractivity contribution in [2.45, 2.75) is 26.4 Å². The van der Waals surface area contributed by atoms with E-state index in [1.165, 1.54) is 0 Å². The highest BCUT2D eigenvalue weighted by atomic mass is 35.5. The first-order chi connectivity index (χ1) is 7.89. The molecule has 1 aromatic rings. The van der Waals surface area contributed by atoms with Crippen LogP contribution >= 0.6 is 11.6 Å². The fourth-order valence-corrected chi connectivity index (χ4v) is 1.66. The summed E-state index contributed by atoms with van der Waals surface area (Å²) >= 11 is 5.78. The number of halogens is 1. The van der Waals surface area contributed by atoms with E-state index in [0.717, 1.165) is 0 Å². The molecule has 0 spiro atoms. The second kappa shape index (κ2) is 5.52. The summed E-state index contributed by atoms with van der Waals surface area (Å²) in [6.07, 6.45) is 0. The van der Waals surface area contributed by atoms with Gasteiger partial charge in [-0.05, 0) is 38.5 Å². The third kappa shape index (κ3) is 3.20. The van der Waals surface area contributed by atoms with Crippen molar-refractivity contribution in [1.82, 2.24) is 0 Å². The van der Waals surface area contributed by atoms with E-state index in [2.05, 4.69) is 0 Å². The molecule has 3 nitrogen and oxygen atoms in total. The van der Waals surface area contributed by atoms with Crippen LogP contribution in [-0.4, -0.2) is 17.7 Å². The van der Waals surface area contributed by atoms with Gasteiger partial charge in [0.1, 0.15) is 0 Å². The Morgan fingerprint density at radius 1 is 1.47 bits per heavy atom. The highest BCUT2D eigenvalue weighted by Crippen LogP contribution is 2.30. The predicted octanol–water partition coefficient (Wildman–Crippen LogP) is 2.75. The fraction of sp³-hybridized carbons (Fsp3) is 0.462. The maximum absolute atomic E-state index is 11.6. The molecule has 1 rings (SSSR count). The zero-order valence-corrected chi connectivity index (χ0v) is 11.0. The minimum absolute atomic E-state index is 0.305. The molecule has 94 valence electrons. The highest BCUT2D eigenvalue weighted by molar-refractivity contribution is 6.30. The van der Waals surface area contributed by atoms with Gasteiger partial charge in [0.05, 0.1) is 18.1 Å². The van der Waals surface area contributed by atoms with Crippen molar-refractivity contribution >= 4 is 17.6 Å². The molecule has 4 heteroatoms. The zero-order chi connectivity index (χ0) is 13.1. The third-order valence-corrected chi connectivity index (χ3v) is 3.16. The molecule has 0 heterocycles. The Hall–Kier alpha value is -1.06. The standard InChI is InChI=1S/C13H17ClO3/c1-4-17-12(15)9(2)13(3,16)10-5-7-11(14)8-6-10/h5-9,16H,4H2,1-3H3/t9-,13+/m1/s1. The molecule has 0 saturated heterocycles. The van der Waals surface area contributed by atoms with Gasteiger partial charge in [0.25, 0.3) is 0 Å². The number of rotatable bonds is 4. The van der Waals surface area contributed by atoms with E-state index in [4.69, 9.17) is 16.3 Å². The second-order valence-corrected chi connectivity index (χ2v) is 4.56. The number of aliphatic hydroxyl groups is 1. The van der Waals surface area contributed by atoms with E-state index in [1.807, 2.05) is 0 Å². The van der Waals surface area contributed by atoms with Crippen LogP contribution in [-0.2, 0) is 15.1 Å². The third-order valence-electron chi connectivity index (χ3n) is 2.91. The SMILES string of the molecule is CCOC(=O)[C@@H](C)[C@](C)(O)c1ccc(Cl)cc1. The Labute approximate surface area is 106 Å². The minimum Gasteiger partial charge on any atom is -0.466 e. The molecule has 1 N–H and O–H groups in total. The molecule has 0 radical (unpaired) electrons. The lowest BCUT2D eigenvalue weighted by molar-refractivity contribution is -0.156. The van der Waals surface area contributed by atoms with Crippen LogP contribution in [0.15, 0.2) is 24.3 Å². The fourth-order valence-electron chi connectivity index (χ4n) is 1.53. The van der Waals surface area contributed by atoms with Crippen LogP contribution in [0.2, 0.25) is 5.02 Å². The van der Waals surface area contributed by atoms with Gasteiger partial charge in [-0.3, -0.25) is 4.79 Å². The molecule has 0 unspecified atom stereocenters. The Bertz CT molecular complexity index is 384. The summed E-state index contributed by atoms with van der Waals surface area (Å²) in [5.41, 5.74) is -0.626. The first-order valence-electron chi connectivity index (χ1n) is 5.54. The summed E-state index contributed by atoms with van der Waals surface area (Å²) in [6.45, 7) is 5.28. The minimum atomic E-state index is -1.27. The van der Waals surface area contributed by atoms with Gasteiger partial charge in [-0.1, -0.05) is 23.7 Å². The van der Waals surface area contributed by atoms with Gasteiger partial charge in [0, 0.05) is 5.02 Å². The van der Waals surface area contributed by atoms with E-state index in [1.54, 1.807) is 45.0 Å². The Morgan fingerprint density at radius 3 is 2.47 bits per heavy atom. The largest absolute Gasteiger partial charge is 0.466 e. The maximum atomic E-state index is 11.6. The van der Waals surface area contributed by atoms with E-state index in [-0.39, 0.29) is 0 Å². The van der Waals surface area contributed by atoms with Gasteiger partial charge < -0.3 is 9.84 Å². The number of esters is 1. The van der Waals surface area contributed by atoms with Crippen LogP contribution in [0.5, 0.6) is 0 Å². The zero-order valence-electron chi connectivity index (χ0n) is 10.2. The molecular formula is C13H17ClO3. The van der Waals surface area contributed by atoms with E-state index in [0.29, 0.717) is 17.2 Å². The smallest absolute Gasteiger partial charge is 0.311 e. The lowest BCUT2D eigenvalue weighted by atomic mass is 9.84. The molecule has 1 aromatic carbocycles. The van der Waals surface area contributed by atoms with Crippen LogP contribution in [0.4, 0.5) is 0 Å². The molecule has 17 heavy (non-hydrogen) atoms. The molecule has 0 aromatic heterocycles. The van der Waals surface area contributed by atoms with Crippen molar-refractivity contribution in [3.63, 3.8) is 0 Å². The normalized spacial score (nSPS) is 16.1. The van der Waals surface area contributed by atoms with Crippen molar-refractivity contribution < 1.29 is 14.6 Å². The molecule has 2 atom stereocenters. The van der Waals surface area contributed by atoms with Crippen LogP contribution in [0.1, 0.15) is 26.3 Å². The monoisotopic (exact) mass is 256 g/mol. The van der Waals surface area contributed by atoms with Crippen LogP contribution < -0.4 is 0 Å². The van der Waals surface area contributed by atoms with Crippen molar-refractivity contribution in [3.05, 3.63) is 34.9 Å². The van der Waals surface area contributed by atoms with Crippen molar-refractivity contribution in [2.24, 2.45) is 5.92 Å². The lowest BCUT2D eigenvalue weighted by Crippen LogP contribution is -2.36. The van der Waals surface area contributed by atoms with Crippen molar-refractivity contribution in [1.29, 1.82) is 0 Å². The summed E-state index contributed by atoms with van der Waals surface area (Å²) in [7, 11) is 0. The van der Waals surface area contributed by atoms with Gasteiger partial charge in [-0.2, -0.15) is 0 Å². The van der Waals surface area contributed by atoms with Crippen LogP contribution in [0.25, 0.3) is 0 Å². The van der Waals surface area contributed by atoms with E-state index < -0.39 is 17.5 Å². The molecule has 0 aliphatic carbocycles.